The van der Waals surface area contributed by atoms with Crippen LogP contribution >= 0.6 is 11.6 Å². The molecule has 1 aromatic carbocycles. The third-order valence-corrected chi connectivity index (χ3v) is 3.96. The first-order valence-electron chi connectivity index (χ1n) is 6.82. The highest BCUT2D eigenvalue weighted by Crippen LogP contribution is 2.34. The molecule has 0 aromatic heterocycles. The summed E-state index contributed by atoms with van der Waals surface area (Å²) in [7, 11) is 0. The van der Waals surface area contributed by atoms with Crippen LogP contribution in [0.15, 0.2) is 24.3 Å². The first kappa shape index (κ1) is 14.4. The molecule has 3 nitrogen and oxygen atoms in total. The van der Waals surface area contributed by atoms with E-state index in [4.69, 9.17) is 16.3 Å². The van der Waals surface area contributed by atoms with Gasteiger partial charge < -0.3 is 9.64 Å². The molecule has 0 saturated carbocycles. The summed E-state index contributed by atoms with van der Waals surface area (Å²) in [6.45, 7) is 6.94. The van der Waals surface area contributed by atoms with Gasteiger partial charge in [-0.3, -0.25) is 4.79 Å². The number of carbonyl (C=O) groups excluding carboxylic acids is 1. The number of cyclic esters (lactones) is 1. The Morgan fingerprint density at radius 2 is 1.89 bits per heavy atom. The molecular formula is C15H20ClNO2. The lowest BCUT2D eigenvalue weighted by molar-refractivity contribution is -0.144. The van der Waals surface area contributed by atoms with Gasteiger partial charge in [0.05, 0.1) is 5.92 Å². The van der Waals surface area contributed by atoms with E-state index in [1.54, 1.807) is 0 Å². The van der Waals surface area contributed by atoms with E-state index >= 15 is 0 Å². The second-order valence-corrected chi connectivity index (χ2v) is 5.33. The van der Waals surface area contributed by atoms with Crippen molar-refractivity contribution < 1.29 is 9.53 Å². The minimum atomic E-state index is -0.120. The van der Waals surface area contributed by atoms with E-state index in [1.807, 2.05) is 24.3 Å². The zero-order chi connectivity index (χ0) is 13.8. The van der Waals surface area contributed by atoms with Crippen LogP contribution in [0.1, 0.15) is 31.9 Å². The molecule has 1 saturated heterocycles. The SMILES string of the molecule is CCN(CC)CC1CC(c2ccc(Cl)cc2)OC1=O. The molecule has 1 fully saturated rings. The minimum Gasteiger partial charge on any atom is -0.457 e. The van der Waals surface area contributed by atoms with E-state index in [0.717, 1.165) is 31.6 Å². The number of benzene rings is 1. The van der Waals surface area contributed by atoms with Crippen molar-refractivity contribution in [3.8, 4) is 0 Å². The maximum atomic E-state index is 11.9. The van der Waals surface area contributed by atoms with E-state index in [0.29, 0.717) is 5.02 Å². The summed E-state index contributed by atoms with van der Waals surface area (Å²) in [4.78, 5) is 14.2. The van der Waals surface area contributed by atoms with E-state index < -0.39 is 0 Å². The Hall–Kier alpha value is -1.06. The predicted molar refractivity (Wildman–Crippen MR) is 76.2 cm³/mol. The highest BCUT2D eigenvalue weighted by molar-refractivity contribution is 6.30. The zero-order valence-electron chi connectivity index (χ0n) is 11.4. The number of halogens is 1. The summed E-state index contributed by atoms with van der Waals surface area (Å²) in [5, 5.41) is 0.702. The Bertz CT molecular complexity index is 428. The van der Waals surface area contributed by atoms with Gasteiger partial charge in [-0.2, -0.15) is 0 Å². The Morgan fingerprint density at radius 3 is 2.47 bits per heavy atom. The molecule has 0 bridgehead atoms. The van der Waals surface area contributed by atoms with Gasteiger partial charge in [0.15, 0.2) is 0 Å². The van der Waals surface area contributed by atoms with Crippen molar-refractivity contribution >= 4 is 17.6 Å². The van der Waals surface area contributed by atoms with Crippen molar-refractivity contribution in [1.82, 2.24) is 4.90 Å². The summed E-state index contributed by atoms with van der Waals surface area (Å²) in [5.41, 5.74) is 1.03. The van der Waals surface area contributed by atoms with Crippen molar-refractivity contribution in [2.75, 3.05) is 19.6 Å². The summed E-state index contributed by atoms with van der Waals surface area (Å²) in [5.74, 6) is -0.0903. The number of hydrogen-bond acceptors (Lipinski definition) is 3. The first-order valence-corrected chi connectivity index (χ1v) is 7.20. The highest BCUT2D eigenvalue weighted by atomic mass is 35.5. The summed E-state index contributed by atoms with van der Waals surface area (Å²) in [6.07, 6.45) is 0.641. The van der Waals surface area contributed by atoms with E-state index in [-0.39, 0.29) is 18.0 Å². The molecule has 1 aliphatic rings. The van der Waals surface area contributed by atoms with Crippen LogP contribution in [0.4, 0.5) is 0 Å². The molecule has 0 radical (unpaired) electrons. The molecule has 1 heterocycles. The Balaban J connectivity index is 2.00. The van der Waals surface area contributed by atoms with Crippen LogP contribution in [0.3, 0.4) is 0 Å². The van der Waals surface area contributed by atoms with Crippen molar-refractivity contribution in [1.29, 1.82) is 0 Å². The highest BCUT2D eigenvalue weighted by Gasteiger charge is 2.35. The zero-order valence-corrected chi connectivity index (χ0v) is 12.2. The van der Waals surface area contributed by atoms with E-state index in [2.05, 4.69) is 18.7 Å². The molecule has 1 aliphatic heterocycles. The number of rotatable bonds is 5. The van der Waals surface area contributed by atoms with Crippen molar-refractivity contribution in [2.24, 2.45) is 5.92 Å². The normalized spacial score (nSPS) is 22.8. The predicted octanol–water partition coefficient (Wildman–Crippen LogP) is 3.29. The Morgan fingerprint density at radius 1 is 1.26 bits per heavy atom. The van der Waals surface area contributed by atoms with Gasteiger partial charge in [0.1, 0.15) is 6.10 Å². The molecule has 2 atom stereocenters. The lowest BCUT2D eigenvalue weighted by Gasteiger charge is -2.19. The minimum absolute atomic E-state index is 0.0134. The average molecular weight is 282 g/mol. The van der Waals surface area contributed by atoms with E-state index in [1.165, 1.54) is 0 Å². The summed E-state index contributed by atoms with van der Waals surface area (Å²) in [6, 6.07) is 7.53. The van der Waals surface area contributed by atoms with Crippen molar-refractivity contribution in [3.05, 3.63) is 34.9 Å². The molecule has 0 amide bonds. The topological polar surface area (TPSA) is 29.5 Å². The molecule has 2 unspecified atom stereocenters. The van der Waals surface area contributed by atoms with Gasteiger partial charge in [-0.15, -0.1) is 0 Å². The van der Waals surface area contributed by atoms with Crippen molar-refractivity contribution in [2.45, 2.75) is 26.4 Å². The summed E-state index contributed by atoms with van der Waals surface area (Å²) >= 11 is 5.87. The third-order valence-electron chi connectivity index (χ3n) is 3.71. The van der Waals surface area contributed by atoms with E-state index in [9.17, 15) is 4.79 Å². The number of nitrogens with zero attached hydrogens (tertiary/aromatic N) is 1. The molecule has 104 valence electrons. The van der Waals surface area contributed by atoms with Gasteiger partial charge in [-0.25, -0.2) is 0 Å². The third kappa shape index (κ3) is 3.48. The van der Waals surface area contributed by atoms with Crippen LogP contribution in [-0.2, 0) is 9.53 Å². The van der Waals surface area contributed by atoms with Crippen LogP contribution in [0.5, 0.6) is 0 Å². The molecule has 2 rings (SSSR count). The molecule has 0 aliphatic carbocycles. The fourth-order valence-electron chi connectivity index (χ4n) is 2.46. The standard InChI is InChI=1S/C15H20ClNO2/c1-3-17(4-2)10-12-9-14(19-15(12)18)11-5-7-13(16)8-6-11/h5-8,12,14H,3-4,9-10H2,1-2H3. The second kappa shape index (κ2) is 6.40. The van der Waals surface area contributed by atoms with Gasteiger partial charge in [0.25, 0.3) is 0 Å². The molecule has 1 aromatic rings. The largest absolute Gasteiger partial charge is 0.457 e. The second-order valence-electron chi connectivity index (χ2n) is 4.90. The number of ether oxygens (including phenoxy) is 1. The number of hydrogen-bond donors (Lipinski definition) is 0. The van der Waals surface area contributed by atoms with Crippen LogP contribution in [0, 0.1) is 5.92 Å². The molecule has 0 spiro atoms. The molecular weight excluding hydrogens is 262 g/mol. The van der Waals surface area contributed by atoms with Gasteiger partial charge in [0.2, 0.25) is 0 Å². The van der Waals surface area contributed by atoms with Crippen LogP contribution in [0.25, 0.3) is 0 Å². The average Bonchev–Trinajstić information content (AvgIpc) is 2.78. The Labute approximate surface area is 119 Å². The lowest BCUT2D eigenvalue weighted by Crippen LogP contribution is -2.31. The molecule has 19 heavy (non-hydrogen) atoms. The maximum absolute atomic E-state index is 11.9. The number of carbonyl (C=O) groups is 1. The smallest absolute Gasteiger partial charge is 0.311 e. The van der Waals surface area contributed by atoms with Crippen LogP contribution < -0.4 is 0 Å². The Kier molecular flexibility index (Phi) is 4.83. The van der Waals surface area contributed by atoms with Gasteiger partial charge in [-0.05, 0) is 30.8 Å². The van der Waals surface area contributed by atoms with Crippen molar-refractivity contribution in [3.63, 3.8) is 0 Å². The summed E-state index contributed by atoms with van der Waals surface area (Å²) < 4.78 is 5.48. The molecule has 4 heteroatoms. The quantitative estimate of drug-likeness (QED) is 0.776. The monoisotopic (exact) mass is 281 g/mol. The van der Waals surface area contributed by atoms with Crippen LogP contribution in [0.2, 0.25) is 5.02 Å². The maximum Gasteiger partial charge on any atom is 0.311 e. The lowest BCUT2D eigenvalue weighted by atomic mass is 9.99. The molecule has 0 N–H and O–H groups in total. The first-order chi connectivity index (χ1) is 9.13. The fourth-order valence-corrected chi connectivity index (χ4v) is 2.59. The fraction of sp³-hybridized carbons (Fsp3) is 0.533. The van der Waals surface area contributed by atoms with Gasteiger partial charge in [-0.1, -0.05) is 37.6 Å². The van der Waals surface area contributed by atoms with Gasteiger partial charge >= 0.3 is 5.97 Å². The van der Waals surface area contributed by atoms with Gasteiger partial charge in [0, 0.05) is 18.0 Å². The van der Waals surface area contributed by atoms with Crippen LogP contribution in [-0.4, -0.2) is 30.5 Å². The number of esters is 1.